The van der Waals surface area contributed by atoms with Crippen molar-refractivity contribution in [2.24, 2.45) is 0 Å². The Kier molecular flexibility index (Phi) is 3.07. The number of hydrogen-bond acceptors (Lipinski definition) is 1. The van der Waals surface area contributed by atoms with Crippen molar-refractivity contribution < 1.29 is 4.79 Å². The lowest BCUT2D eigenvalue weighted by atomic mass is 10.1. The van der Waals surface area contributed by atoms with Gasteiger partial charge in [0.25, 0.3) is 0 Å². The minimum absolute atomic E-state index is 0.140. The fourth-order valence-electron chi connectivity index (χ4n) is 2.89. The third-order valence-electron chi connectivity index (χ3n) is 4.15. The van der Waals surface area contributed by atoms with Crippen LogP contribution < -0.4 is 10.6 Å². The molecule has 4 nitrogen and oxygen atoms in total. The molecule has 0 spiro atoms. The van der Waals surface area contributed by atoms with E-state index in [4.69, 9.17) is 0 Å². The van der Waals surface area contributed by atoms with E-state index in [1.165, 1.54) is 5.56 Å². The van der Waals surface area contributed by atoms with Crippen LogP contribution in [-0.2, 0) is 0 Å². The SMILES string of the molecule is O=C(Nc1ccc2[nH]ccc2c1)N[C@@H]1C[C@H]1c1ccccc1. The zero-order valence-electron chi connectivity index (χ0n) is 12.0. The standard InChI is InChI=1S/C18H17N3O/c22-18(20-14-6-7-16-13(10-14)8-9-19-16)21-17-11-15(17)12-4-2-1-3-5-12/h1-10,15,17,19H,11H2,(H2,20,21,22)/t15-,17+/m0/s1. The monoisotopic (exact) mass is 291 g/mol. The van der Waals surface area contributed by atoms with Crippen molar-refractivity contribution in [1.82, 2.24) is 10.3 Å². The lowest BCUT2D eigenvalue weighted by Crippen LogP contribution is -2.31. The molecule has 4 rings (SSSR count). The molecule has 0 saturated heterocycles. The van der Waals surface area contributed by atoms with Gasteiger partial charge >= 0.3 is 6.03 Å². The van der Waals surface area contributed by atoms with E-state index in [9.17, 15) is 4.79 Å². The molecule has 0 radical (unpaired) electrons. The van der Waals surface area contributed by atoms with Gasteiger partial charge in [-0.05, 0) is 36.2 Å². The molecule has 0 aliphatic heterocycles. The second kappa shape index (κ2) is 5.22. The van der Waals surface area contributed by atoms with Crippen molar-refractivity contribution in [1.29, 1.82) is 0 Å². The van der Waals surface area contributed by atoms with Crippen molar-refractivity contribution in [3.63, 3.8) is 0 Å². The number of amides is 2. The van der Waals surface area contributed by atoms with Crippen molar-refractivity contribution in [2.45, 2.75) is 18.4 Å². The van der Waals surface area contributed by atoms with E-state index in [1.807, 2.05) is 48.7 Å². The molecule has 22 heavy (non-hydrogen) atoms. The first-order valence-electron chi connectivity index (χ1n) is 7.49. The van der Waals surface area contributed by atoms with E-state index in [1.54, 1.807) is 0 Å². The maximum atomic E-state index is 12.1. The molecule has 1 aromatic heterocycles. The molecule has 4 heteroatoms. The molecule has 0 bridgehead atoms. The summed E-state index contributed by atoms with van der Waals surface area (Å²) in [5, 5.41) is 7.03. The van der Waals surface area contributed by atoms with Gasteiger partial charge in [0.05, 0.1) is 0 Å². The largest absolute Gasteiger partial charge is 0.361 e. The Morgan fingerprint density at radius 3 is 2.82 bits per heavy atom. The third-order valence-corrected chi connectivity index (χ3v) is 4.15. The predicted molar refractivity (Wildman–Crippen MR) is 88.0 cm³/mol. The molecular formula is C18H17N3O. The van der Waals surface area contributed by atoms with E-state index in [0.717, 1.165) is 23.0 Å². The summed E-state index contributed by atoms with van der Waals surface area (Å²) in [5.74, 6) is 0.444. The maximum Gasteiger partial charge on any atom is 0.319 e. The number of benzene rings is 2. The number of hydrogen-bond donors (Lipinski definition) is 3. The molecule has 2 atom stereocenters. The normalized spacial score (nSPS) is 19.8. The van der Waals surface area contributed by atoms with Crippen LogP contribution in [0.2, 0.25) is 0 Å². The van der Waals surface area contributed by atoms with Gasteiger partial charge < -0.3 is 15.6 Å². The van der Waals surface area contributed by atoms with Crippen LogP contribution in [0.15, 0.2) is 60.8 Å². The van der Waals surface area contributed by atoms with Gasteiger partial charge in [0.2, 0.25) is 0 Å². The Morgan fingerprint density at radius 2 is 1.95 bits per heavy atom. The van der Waals surface area contributed by atoms with Gasteiger partial charge in [-0.2, -0.15) is 0 Å². The second-order valence-electron chi connectivity index (χ2n) is 5.74. The van der Waals surface area contributed by atoms with E-state index in [-0.39, 0.29) is 12.1 Å². The number of aromatic nitrogens is 1. The van der Waals surface area contributed by atoms with Crippen LogP contribution >= 0.6 is 0 Å². The van der Waals surface area contributed by atoms with Crippen LogP contribution in [0.5, 0.6) is 0 Å². The smallest absolute Gasteiger partial charge is 0.319 e. The quantitative estimate of drug-likeness (QED) is 0.674. The molecule has 1 fully saturated rings. The first kappa shape index (κ1) is 13.0. The van der Waals surface area contributed by atoms with Crippen LogP contribution in [0.1, 0.15) is 17.9 Å². The van der Waals surface area contributed by atoms with E-state index < -0.39 is 0 Å². The Morgan fingerprint density at radius 1 is 1.09 bits per heavy atom. The first-order valence-corrected chi connectivity index (χ1v) is 7.49. The highest BCUT2D eigenvalue weighted by molar-refractivity contribution is 5.93. The molecule has 0 unspecified atom stereocenters. The average molecular weight is 291 g/mol. The van der Waals surface area contributed by atoms with Gasteiger partial charge in [-0.3, -0.25) is 0 Å². The molecular weight excluding hydrogens is 274 g/mol. The number of rotatable bonds is 3. The van der Waals surface area contributed by atoms with Gasteiger partial charge in [0.1, 0.15) is 0 Å². The fraction of sp³-hybridized carbons (Fsp3) is 0.167. The molecule has 1 aliphatic carbocycles. The summed E-state index contributed by atoms with van der Waals surface area (Å²) < 4.78 is 0. The summed E-state index contributed by atoms with van der Waals surface area (Å²) in [6, 6.07) is 18.2. The van der Waals surface area contributed by atoms with E-state index in [2.05, 4.69) is 27.8 Å². The average Bonchev–Trinajstić information content (AvgIpc) is 3.13. The Labute approximate surface area is 128 Å². The number of nitrogens with one attached hydrogen (secondary N) is 3. The summed E-state index contributed by atoms with van der Waals surface area (Å²) in [7, 11) is 0. The summed E-state index contributed by atoms with van der Waals surface area (Å²) in [5.41, 5.74) is 3.17. The van der Waals surface area contributed by atoms with E-state index >= 15 is 0 Å². The van der Waals surface area contributed by atoms with Gasteiger partial charge in [0.15, 0.2) is 0 Å². The lowest BCUT2D eigenvalue weighted by molar-refractivity contribution is 0.251. The maximum absolute atomic E-state index is 12.1. The van der Waals surface area contributed by atoms with E-state index in [0.29, 0.717) is 5.92 Å². The minimum Gasteiger partial charge on any atom is -0.361 e. The number of anilines is 1. The second-order valence-corrected chi connectivity index (χ2v) is 5.74. The fourth-order valence-corrected chi connectivity index (χ4v) is 2.89. The topological polar surface area (TPSA) is 56.9 Å². The van der Waals surface area contributed by atoms with Crippen molar-refractivity contribution in [2.75, 3.05) is 5.32 Å². The molecule has 3 N–H and O–H groups in total. The third kappa shape index (κ3) is 2.55. The number of fused-ring (bicyclic) bond motifs is 1. The lowest BCUT2D eigenvalue weighted by Gasteiger charge is -2.07. The van der Waals surface area contributed by atoms with Crippen molar-refractivity contribution >= 4 is 22.6 Å². The molecule has 1 saturated carbocycles. The molecule has 3 aromatic rings. The molecule has 2 amide bonds. The number of carbonyl (C=O) groups excluding carboxylic acids is 1. The van der Waals surface area contributed by atoms with Gasteiger partial charge in [-0.1, -0.05) is 30.3 Å². The molecule has 1 heterocycles. The number of urea groups is 1. The van der Waals surface area contributed by atoms with Crippen molar-refractivity contribution in [3.8, 4) is 0 Å². The molecule has 2 aromatic carbocycles. The zero-order valence-corrected chi connectivity index (χ0v) is 12.0. The Hall–Kier alpha value is -2.75. The Balaban J connectivity index is 1.37. The summed E-state index contributed by atoms with van der Waals surface area (Å²) in [4.78, 5) is 15.2. The summed E-state index contributed by atoms with van der Waals surface area (Å²) >= 11 is 0. The van der Waals surface area contributed by atoms with Gasteiger partial charge in [-0.15, -0.1) is 0 Å². The summed E-state index contributed by atoms with van der Waals surface area (Å²) in [6.45, 7) is 0. The van der Waals surface area contributed by atoms with Crippen molar-refractivity contribution in [3.05, 3.63) is 66.4 Å². The van der Waals surface area contributed by atoms with Crippen LogP contribution in [0.3, 0.4) is 0 Å². The predicted octanol–water partition coefficient (Wildman–Crippen LogP) is 3.85. The zero-order chi connectivity index (χ0) is 14.9. The van der Waals surface area contributed by atoms with Gasteiger partial charge in [0, 0.05) is 34.7 Å². The van der Waals surface area contributed by atoms with Crippen LogP contribution in [0.25, 0.3) is 10.9 Å². The van der Waals surface area contributed by atoms with Crippen LogP contribution in [0, 0.1) is 0 Å². The highest BCUT2D eigenvalue weighted by Crippen LogP contribution is 2.40. The number of carbonyl (C=O) groups is 1. The highest BCUT2D eigenvalue weighted by Gasteiger charge is 2.39. The van der Waals surface area contributed by atoms with Crippen LogP contribution in [0.4, 0.5) is 10.5 Å². The Bertz CT molecular complexity index is 809. The highest BCUT2D eigenvalue weighted by atomic mass is 16.2. The minimum atomic E-state index is -0.140. The molecule has 1 aliphatic rings. The number of aromatic amines is 1. The summed E-state index contributed by atoms with van der Waals surface area (Å²) in [6.07, 6.45) is 2.90. The number of H-pyrrole nitrogens is 1. The molecule has 110 valence electrons. The van der Waals surface area contributed by atoms with Gasteiger partial charge in [-0.25, -0.2) is 4.79 Å². The first-order chi connectivity index (χ1) is 10.8. The van der Waals surface area contributed by atoms with Crippen LogP contribution in [-0.4, -0.2) is 17.1 Å².